The van der Waals surface area contributed by atoms with Crippen LogP contribution in [0.5, 0.6) is 0 Å². The molecule has 0 spiro atoms. The Morgan fingerprint density at radius 2 is 1.04 bits per heavy atom. The smallest absolute Gasteiger partial charge is 0.267 e. The van der Waals surface area contributed by atoms with Crippen LogP contribution in [-0.2, 0) is 14.9 Å². The summed E-state index contributed by atoms with van der Waals surface area (Å²) in [5, 5.41) is 13.2. The molecule has 0 saturated carbocycles. The van der Waals surface area contributed by atoms with Gasteiger partial charge in [-0.3, -0.25) is 9.35 Å². The van der Waals surface area contributed by atoms with Crippen molar-refractivity contribution in [3.63, 3.8) is 0 Å². The Hall–Kier alpha value is -1.44. The van der Waals surface area contributed by atoms with Crippen LogP contribution in [0.4, 0.5) is 0 Å². The molecule has 0 aliphatic carbocycles. The first-order valence-electron chi connectivity index (χ1n) is 18.7. The number of unbranched alkanes of at least 4 members (excludes halogenated alkanes) is 21. The van der Waals surface area contributed by atoms with Gasteiger partial charge in [0.15, 0.2) is 0 Å². The molecular weight excluding hydrogens is 582 g/mol. The van der Waals surface area contributed by atoms with Crippen molar-refractivity contribution in [2.45, 2.75) is 193 Å². The molecule has 2 atom stereocenters. The fourth-order valence-corrected chi connectivity index (χ4v) is 6.22. The molecular formula is C38H71NO5S. The average molecular weight is 654 g/mol. The molecule has 0 fully saturated rings. The minimum absolute atomic E-state index is 0.279. The second-order valence-electron chi connectivity index (χ2n) is 12.9. The van der Waals surface area contributed by atoms with Gasteiger partial charge < -0.3 is 10.4 Å². The van der Waals surface area contributed by atoms with E-state index in [0.29, 0.717) is 6.42 Å². The summed E-state index contributed by atoms with van der Waals surface area (Å²) < 4.78 is 32.4. The zero-order chi connectivity index (χ0) is 33.3. The number of aliphatic hydroxyl groups excluding tert-OH is 1. The van der Waals surface area contributed by atoms with Crippen LogP contribution in [-0.4, -0.2) is 41.9 Å². The topological polar surface area (TPSA) is 104 Å². The van der Waals surface area contributed by atoms with Crippen molar-refractivity contribution >= 4 is 16.0 Å². The highest BCUT2D eigenvalue weighted by Gasteiger charge is 2.24. The van der Waals surface area contributed by atoms with E-state index in [1.54, 1.807) is 6.08 Å². The maximum Gasteiger partial charge on any atom is 0.267 e. The standard InChI is InChI=1S/C38H71NO5S/c1-3-5-7-9-11-13-15-17-18-19-20-22-23-25-27-29-31-33-37(40)36(35-45(42,43)44)39-38(41)34-32-30-28-26-24-21-16-14-12-10-8-6-4-2/h8,10,14,16,31,33,36-37,40H,3-7,9,11-13,15,17-30,32,34-35H2,1-2H3,(H,39,41)(H,42,43,44)/b10-8-,16-14-,33-31+. The number of nitrogens with one attached hydrogen (secondary N) is 1. The Bertz CT molecular complexity index is 852. The van der Waals surface area contributed by atoms with Crippen LogP contribution in [0.15, 0.2) is 36.5 Å². The molecule has 2 unspecified atom stereocenters. The van der Waals surface area contributed by atoms with Crippen molar-refractivity contribution in [1.82, 2.24) is 5.32 Å². The highest BCUT2D eigenvalue weighted by molar-refractivity contribution is 7.85. The van der Waals surface area contributed by atoms with Crippen LogP contribution >= 0.6 is 0 Å². The molecule has 3 N–H and O–H groups in total. The molecule has 1 amide bonds. The highest BCUT2D eigenvalue weighted by atomic mass is 32.2. The Labute approximate surface area is 278 Å². The summed E-state index contributed by atoms with van der Waals surface area (Å²) in [7, 11) is -4.34. The van der Waals surface area contributed by atoms with E-state index in [1.165, 1.54) is 89.9 Å². The number of rotatable bonds is 33. The summed E-state index contributed by atoms with van der Waals surface area (Å²) >= 11 is 0. The van der Waals surface area contributed by atoms with Crippen molar-refractivity contribution in [2.24, 2.45) is 0 Å². The lowest BCUT2D eigenvalue weighted by atomic mass is 10.0. The molecule has 0 heterocycles. The maximum atomic E-state index is 12.4. The molecule has 7 heteroatoms. The van der Waals surface area contributed by atoms with Gasteiger partial charge in [-0.15, -0.1) is 0 Å². The fraction of sp³-hybridized carbons (Fsp3) is 0.816. The molecule has 0 aliphatic heterocycles. The first kappa shape index (κ1) is 43.6. The largest absolute Gasteiger partial charge is 0.387 e. The number of carbonyl (C=O) groups is 1. The summed E-state index contributed by atoms with van der Waals surface area (Å²) in [6, 6.07) is -1.06. The molecule has 0 aromatic rings. The third-order valence-corrected chi connectivity index (χ3v) is 9.07. The zero-order valence-electron chi connectivity index (χ0n) is 29.2. The summed E-state index contributed by atoms with van der Waals surface area (Å²) in [6.45, 7) is 4.44. The van der Waals surface area contributed by atoms with E-state index >= 15 is 0 Å². The monoisotopic (exact) mass is 654 g/mol. The van der Waals surface area contributed by atoms with Crippen LogP contribution in [0.2, 0.25) is 0 Å². The summed E-state index contributed by atoms with van der Waals surface area (Å²) in [5.74, 6) is -0.997. The summed E-state index contributed by atoms with van der Waals surface area (Å²) in [5.41, 5.74) is 0. The lowest BCUT2D eigenvalue weighted by Crippen LogP contribution is -2.46. The van der Waals surface area contributed by atoms with Crippen molar-refractivity contribution in [3.05, 3.63) is 36.5 Å². The molecule has 0 radical (unpaired) electrons. The molecule has 0 saturated heterocycles. The Kier molecular flexibility index (Phi) is 31.5. The lowest BCUT2D eigenvalue weighted by Gasteiger charge is -2.21. The minimum atomic E-state index is -4.34. The predicted octanol–water partition coefficient (Wildman–Crippen LogP) is 10.6. The number of hydrogen-bond donors (Lipinski definition) is 3. The highest BCUT2D eigenvalue weighted by Crippen LogP contribution is 2.14. The van der Waals surface area contributed by atoms with Crippen LogP contribution in [0.25, 0.3) is 0 Å². The molecule has 0 aliphatic rings. The van der Waals surface area contributed by atoms with E-state index < -0.39 is 28.0 Å². The molecule has 0 bridgehead atoms. The van der Waals surface area contributed by atoms with E-state index in [2.05, 4.69) is 43.5 Å². The number of aliphatic hydroxyl groups is 1. The molecule has 0 aromatic heterocycles. The van der Waals surface area contributed by atoms with Gasteiger partial charge in [0.2, 0.25) is 5.91 Å². The quantitative estimate of drug-likeness (QED) is 0.0371. The van der Waals surface area contributed by atoms with Gasteiger partial charge in [-0.2, -0.15) is 8.42 Å². The Morgan fingerprint density at radius 1 is 0.600 bits per heavy atom. The number of carbonyl (C=O) groups excluding carboxylic acids is 1. The van der Waals surface area contributed by atoms with E-state index in [1.807, 2.05) is 6.08 Å². The summed E-state index contributed by atoms with van der Waals surface area (Å²) in [6.07, 6.45) is 41.2. The number of hydrogen-bond acceptors (Lipinski definition) is 4. The van der Waals surface area contributed by atoms with E-state index in [0.717, 1.165) is 64.2 Å². The van der Waals surface area contributed by atoms with Crippen LogP contribution in [0, 0.1) is 0 Å². The number of amides is 1. The van der Waals surface area contributed by atoms with E-state index in [-0.39, 0.29) is 12.3 Å². The minimum Gasteiger partial charge on any atom is -0.387 e. The lowest BCUT2D eigenvalue weighted by molar-refractivity contribution is -0.122. The number of allylic oxidation sites excluding steroid dienone is 5. The Morgan fingerprint density at radius 3 is 1.53 bits per heavy atom. The summed E-state index contributed by atoms with van der Waals surface area (Å²) in [4.78, 5) is 12.4. The van der Waals surface area contributed by atoms with Gasteiger partial charge >= 0.3 is 0 Å². The first-order valence-corrected chi connectivity index (χ1v) is 20.3. The Balaban J connectivity index is 3.99. The van der Waals surface area contributed by atoms with Gasteiger partial charge in [-0.25, -0.2) is 0 Å². The molecule has 6 nitrogen and oxygen atoms in total. The van der Waals surface area contributed by atoms with E-state index in [4.69, 9.17) is 0 Å². The molecule has 0 rings (SSSR count). The van der Waals surface area contributed by atoms with Gasteiger partial charge in [-0.1, -0.05) is 166 Å². The van der Waals surface area contributed by atoms with Crippen molar-refractivity contribution in [3.8, 4) is 0 Å². The van der Waals surface area contributed by atoms with E-state index in [9.17, 15) is 22.9 Å². The molecule has 264 valence electrons. The van der Waals surface area contributed by atoms with Crippen LogP contribution < -0.4 is 5.32 Å². The van der Waals surface area contributed by atoms with Gasteiger partial charge in [0.05, 0.1) is 17.9 Å². The maximum absolute atomic E-state index is 12.4. The zero-order valence-corrected chi connectivity index (χ0v) is 30.1. The SMILES string of the molecule is CCC/C=C\C/C=C\CCCCCCCC(=O)NC(CS(=O)(=O)O)C(O)/C=C/CCCCCCCCCCCCCCCCC. The van der Waals surface area contributed by atoms with Gasteiger partial charge in [0, 0.05) is 6.42 Å². The first-order chi connectivity index (χ1) is 21.8. The third-order valence-electron chi connectivity index (χ3n) is 8.29. The van der Waals surface area contributed by atoms with Crippen molar-refractivity contribution < 1.29 is 22.9 Å². The second-order valence-corrected chi connectivity index (χ2v) is 14.4. The molecule has 0 aromatic carbocycles. The van der Waals surface area contributed by atoms with Crippen molar-refractivity contribution in [2.75, 3.05) is 5.75 Å². The van der Waals surface area contributed by atoms with Crippen molar-refractivity contribution in [1.29, 1.82) is 0 Å². The van der Waals surface area contributed by atoms with Gasteiger partial charge in [0.25, 0.3) is 10.1 Å². The normalized spacial score (nSPS) is 13.8. The molecule has 45 heavy (non-hydrogen) atoms. The van der Waals surface area contributed by atoms with Crippen LogP contribution in [0.1, 0.15) is 181 Å². The fourth-order valence-electron chi connectivity index (χ4n) is 5.49. The van der Waals surface area contributed by atoms with Crippen LogP contribution in [0.3, 0.4) is 0 Å². The third kappa shape index (κ3) is 33.7. The average Bonchev–Trinajstić information content (AvgIpc) is 3.00. The second kappa shape index (κ2) is 32.5. The van der Waals surface area contributed by atoms with Gasteiger partial charge in [-0.05, 0) is 44.9 Å². The predicted molar refractivity (Wildman–Crippen MR) is 193 cm³/mol. The van der Waals surface area contributed by atoms with Gasteiger partial charge in [0.1, 0.15) is 0 Å².